The van der Waals surface area contributed by atoms with Crippen LogP contribution in [-0.4, -0.2) is 47.9 Å². The van der Waals surface area contributed by atoms with E-state index in [1.54, 1.807) is 12.0 Å². The number of quaternary nitrogens is 1. The number of hydrogen-bond donors (Lipinski definition) is 2. The number of nitrogens with one attached hydrogen (secondary N) is 2. The van der Waals surface area contributed by atoms with Crippen LogP contribution in [0.25, 0.3) is 16.9 Å². The van der Waals surface area contributed by atoms with Crippen LogP contribution in [0.5, 0.6) is 5.75 Å². The maximum Gasteiger partial charge on any atom is 0.158 e. The molecular formula is C23H32N5O+. The van der Waals surface area contributed by atoms with E-state index < -0.39 is 0 Å². The van der Waals surface area contributed by atoms with Gasteiger partial charge in [-0.1, -0.05) is 0 Å². The molecule has 0 amide bonds. The van der Waals surface area contributed by atoms with Gasteiger partial charge in [0, 0.05) is 22.9 Å². The van der Waals surface area contributed by atoms with Gasteiger partial charge in [0.05, 0.1) is 39.0 Å². The van der Waals surface area contributed by atoms with Gasteiger partial charge in [0.25, 0.3) is 0 Å². The second kappa shape index (κ2) is 8.82. The number of nitrogens with zero attached hydrogens (tertiary/aromatic N) is 3. The number of hydrogen-bond acceptors (Lipinski definition) is 4. The molecule has 0 radical (unpaired) electrons. The lowest BCUT2D eigenvalue weighted by molar-refractivity contribution is -0.894. The zero-order valence-corrected chi connectivity index (χ0v) is 17.8. The summed E-state index contributed by atoms with van der Waals surface area (Å²) in [5, 5.41) is 8.65. The smallest absolute Gasteiger partial charge is 0.158 e. The van der Waals surface area contributed by atoms with E-state index >= 15 is 0 Å². The minimum atomic E-state index is 0.854. The summed E-state index contributed by atoms with van der Waals surface area (Å²) in [6.07, 6.45) is 4.59. The van der Waals surface area contributed by atoms with Crippen molar-refractivity contribution in [2.24, 2.45) is 0 Å². The molecular weight excluding hydrogens is 362 g/mol. The molecule has 1 aliphatic carbocycles. The minimum absolute atomic E-state index is 0.854. The maximum atomic E-state index is 5.28. The van der Waals surface area contributed by atoms with Gasteiger partial charge in [-0.3, -0.25) is 0 Å². The second-order valence-electron chi connectivity index (χ2n) is 7.75. The number of benzene rings is 1. The van der Waals surface area contributed by atoms with Crippen LogP contribution < -0.4 is 15.0 Å². The van der Waals surface area contributed by atoms with Crippen molar-refractivity contribution >= 4 is 11.5 Å². The Morgan fingerprint density at radius 3 is 2.59 bits per heavy atom. The Balaban J connectivity index is 1.69. The van der Waals surface area contributed by atoms with Gasteiger partial charge in [-0.15, -0.1) is 0 Å². The predicted molar refractivity (Wildman–Crippen MR) is 117 cm³/mol. The highest BCUT2D eigenvalue weighted by Gasteiger charge is 2.20. The van der Waals surface area contributed by atoms with Crippen molar-refractivity contribution in [3.8, 4) is 17.0 Å². The van der Waals surface area contributed by atoms with Crippen LogP contribution >= 0.6 is 0 Å². The molecule has 0 bridgehead atoms. The summed E-state index contributed by atoms with van der Waals surface area (Å²) >= 11 is 0. The Hall–Kier alpha value is -2.60. The van der Waals surface area contributed by atoms with Crippen LogP contribution in [0.2, 0.25) is 0 Å². The molecule has 0 spiro atoms. The molecule has 0 atom stereocenters. The number of rotatable bonds is 8. The molecule has 2 heterocycles. The molecule has 0 aliphatic heterocycles. The standard InChI is InChI=1S/C23H31N5O/c1-4-27(5-2)15-14-24-23-19-8-6-7-9-20(19)25-22-16-21(26-28(22)23)17-10-12-18(29-3)13-11-17/h10-13,16,24H,4-9,14-15H2,1-3H3/p+1. The lowest BCUT2D eigenvalue weighted by Gasteiger charge is -2.21. The topological polar surface area (TPSA) is 55.9 Å². The number of methoxy groups -OCH3 is 1. The summed E-state index contributed by atoms with van der Waals surface area (Å²) in [6, 6.07) is 10.2. The van der Waals surface area contributed by atoms with Gasteiger partial charge in [-0.25, -0.2) is 4.98 Å². The van der Waals surface area contributed by atoms with Gasteiger partial charge >= 0.3 is 0 Å². The zero-order valence-electron chi connectivity index (χ0n) is 17.8. The fraction of sp³-hybridized carbons (Fsp3) is 0.478. The molecule has 1 aliphatic rings. The average molecular weight is 395 g/mol. The van der Waals surface area contributed by atoms with Crippen molar-refractivity contribution in [1.82, 2.24) is 14.6 Å². The van der Waals surface area contributed by atoms with Crippen LogP contribution in [0.3, 0.4) is 0 Å². The maximum absolute atomic E-state index is 5.28. The highest BCUT2D eigenvalue weighted by Crippen LogP contribution is 2.30. The Morgan fingerprint density at radius 2 is 1.86 bits per heavy atom. The molecule has 0 fully saturated rings. The highest BCUT2D eigenvalue weighted by molar-refractivity contribution is 5.67. The van der Waals surface area contributed by atoms with Crippen molar-refractivity contribution in [3.05, 3.63) is 41.6 Å². The molecule has 154 valence electrons. The van der Waals surface area contributed by atoms with Crippen molar-refractivity contribution < 1.29 is 9.64 Å². The van der Waals surface area contributed by atoms with Crippen molar-refractivity contribution in [2.45, 2.75) is 39.5 Å². The summed E-state index contributed by atoms with van der Waals surface area (Å²) in [7, 11) is 1.69. The van der Waals surface area contributed by atoms with E-state index in [1.807, 2.05) is 16.6 Å². The predicted octanol–water partition coefficient (Wildman–Crippen LogP) is 2.62. The Morgan fingerprint density at radius 1 is 1.10 bits per heavy atom. The molecule has 0 saturated carbocycles. The normalized spacial score (nSPS) is 13.7. The molecule has 29 heavy (non-hydrogen) atoms. The molecule has 4 rings (SSSR count). The Kier molecular flexibility index (Phi) is 6.00. The number of fused-ring (bicyclic) bond motifs is 2. The quantitative estimate of drug-likeness (QED) is 0.617. The molecule has 0 saturated heterocycles. The van der Waals surface area contributed by atoms with E-state index in [1.165, 1.54) is 24.1 Å². The molecule has 6 heteroatoms. The summed E-state index contributed by atoms with van der Waals surface area (Å²) in [5.74, 6) is 1.99. The molecule has 0 unspecified atom stereocenters. The Bertz CT molecular complexity index is 960. The van der Waals surface area contributed by atoms with E-state index in [0.29, 0.717) is 0 Å². The molecule has 2 N–H and O–H groups in total. The number of likely N-dealkylation sites (N-methyl/N-ethyl adjacent to an activating group) is 1. The molecule has 1 aromatic carbocycles. The van der Waals surface area contributed by atoms with Gasteiger partial charge < -0.3 is 15.0 Å². The number of aromatic nitrogens is 3. The highest BCUT2D eigenvalue weighted by atomic mass is 16.5. The first-order valence-corrected chi connectivity index (χ1v) is 10.9. The van der Waals surface area contributed by atoms with Crippen molar-refractivity contribution in [3.63, 3.8) is 0 Å². The summed E-state index contributed by atoms with van der Waals surface area (Å²) in [5.41, 5.74) is 5.53. The fourth-order valence-corrected chi connectivity index (χ4v) is 4.20. The van der Waals surface area contributed by atoms with E-state index in [4.69, 9.17) is 14.8 Å². The molecule has 2 aromatic heterocycles. The van der Waals surface area contributed by atoms with Crippen LogP contribution in [0.15, 0.2) is 30.3 Å². The van der Waals surface area contributed by atoms with Gasteiger partial charge in [0.2, 0.25) is 0 Å². The zero-order chi connectivity index (χ0) is 20.2. The third-order valence-electron chi connectivity index (χ3n) is 6.03. The van der Waals surface area contributed by atoms with Gasteiger partial charge in [0.1, 0.15) is 11.6 Å². The van der Waals surface area contributed by atoms with E-state index in [0.717, 1.165) is 67.5 Å². The third-order valence-corrected chi connectivity index (χ3v) is 6.03. The summed E-state index contributed by atoms with van der Waals surface area (Å²) in [6.45, 7) is 8.87. The van der Waals surface area contributed by atoms with Gasteiger partial charge in [0.15, 0.2) is 5.65 Å². The summed E-state index contributed by atoms with van der Waals surface area (Å²) < 4.78 is 7.30. The number of ether oxygens (including phenoxy) is 1. The van der Waals surface area contributed by atoms with E-state index in [2.05, 4.69) is 37.4 Å². The molecule has 3 aromatic rings. The van der Waals surface area contributed by atoms with Gasteiger partial charge in [-0.05, 0) is 63.8 Å². The monoisotopic (exact) mass is 394 g/mol. The first-order chi connectivity index (χ1) is 14.2. The molecule has 6 nitrogen and oxygen atoms in total. The third kappa shape index (κ3) is 4.08. The lowest BCUT2D eigenvalue weighted by atomic mass is 9.96. The number of anilines is 1. The lowest BCUT2D eigenvalue weighted by Crippen LogP contribution is -3.12. The second-order valence-corrected chi connectivity index (χ2v) is 7.75. The fourth-order valence-electron chi connectivity index (χ4n) is 4.20. The Labute approximate surface area is 172 Å². The van der Waals surface area contributed by atoms with E-state index in [-0.39, 0.29) is 0 Å². The van der Waals surface area contributed by atoms with Gasteiger partial charge in [-0.2, -0.15) is 9.61 Å². The van der Waals surface area contributed by atoms with Crippen molar-refractivity contribution in [1.29, 1.82) is 0 Å². The van der Waals surface area contributed by atoms with Crippen LogP contribution in [0.1, 0.15) is 37.9 Å². The van der Waals surface area contributed by atoms with Crippen LogP contribution in [0, 0.1) is 0 Å². The first kappa shape index (κ1) is 19.7. The largest absolute Gasteiger partial charge is 0.497 e. The minimum Gasteiger partial charge on any atom is -0.497 e. The van der Waals surface area contributed by atoms with Crippen molar-refractivity contribution in [2.75, 3.05) is 38.6 Å². The summed E-state index contributed by atoms with van der Waals surface area (Å²) in [4.78, 5) is 6.57. The van der Waals surface area contributed by atoms with Crippen LogP contribution in [0.4, 0.5) is 5.82 Å². The number of aryl methyl sites for hydroxylation is 1. The van der Waals surface area contributed by atoms with Crippen LogP contribution in [-0.2, 0) is 12.8 Å². The average Bonchev–Trinajstić information content (AvgIpc) is 3.20. The SMILES string of the molecule is CC[NH+](CC)CCNc1c2c(nc3cc(-c4ccc(OC)cc4)nn13)CCCC2. The van der Waals surface area contributed by atoms with E-state index in [9.17, 15) is 0 Å². The first-order valence-electron chi connectivity index (χ1n) is 10.9.